The minimum atomic E-state index is -0.463. The number of benzene rings is 2. The molecule has 5 rings (SSSR count). The molecule has 0 amide bonds. The fourth-order valence-corrected chi connectivity index (χ4v) is 8.02. The number of rotatable bonds is 4. The molecule has 2 aromatic carbocycles. The van der Waals surface area contributed by atoms with E-state index in [0.29, 0.717) is 0 Å². The Kier molecular flexibility index (Phi) is 5.72. The first-order valence-corrected chi connectivity index (χ1v) is 13.5. The molecule has 2 aliphatic heterocycles. The Balaban J connectivity index is 1.83. The summed E-state index contributed by atoms with van der Waals surface area (Å²) in [5, 5.41) is 6.93. The van der Waals surface area contributed by atoms with Crippen molar-refractivity contribution in [2.24, 2.45) is 0 Å². The van der Waals surface area contributed by atoms with Crippen molar-refractivity contribution in [2.45, 2.75) is 44.9 Å². The number of aryl methyl sites for hydroxylation is 2. The van der Waals surface area contributed by atoms with Crippen molar-refractivity contribution < 1.29 is 9.53 Å². The first-order valence-electron chi connectivity index (χ1n) is 11.8. The molecule has 2 aromatic rings. The quantitative estimate of drug-likeness (QED) is 0.504. The standard InChI is InChI=1S/C28H30N2O2Se/c1-5-29-23-15-25-21(13-17(23)3)28(20-12-10-8-7-9-11-19(20)27(31)33-28)22-14-18(4)24(30-6-2)16-26(22)32-25/h7,9,11-16,29-30H,5-6,8,10H2,1-4H3/b9-7+,19-11+,20-12+. The molecule has 1 fully saturated rings. The van der Waals surface area contributed by atoms with Crippen molar-refractivity contribution in [3.63, 3.8) is 0 Å². The van der Waals surface area contributed by atoms with Crippen LogP contribution in [0, 0.1) is 13.8 Å². The Morgan fingerprint density at radius 1 is 0.939 bits per heavy atom. The molecule has 1 aliphatic carbocycles. The number of allylic oxidation sites excluding steroid dienone is 6. The molecule has 0 saturated carbocycles. The van der Waals surface area contributed by atoms with Crippen LogP contribution in [0.15, 0.2) is 59.7 Å². The number of anilines is 2. The van der Waals surface area contributed by atoms with Gasteiger partial charge in [-0.25, -0.2) is 0 Å². The zero-order valence-corrected chi connectivity index (χ0v) is 21.4. The average molecular weight is 506 g/mol. The van der Waals surface area contributed by atoms with E-state index in [1.165, 1.54) is 11.1 Å². The molecule has 4 nitrogen and oxygen atoms in total. The summed E-state index contributed by atoms with van der Waals surface area (Å²) in [5.74, 6) is 1.70. The molecular formula is C28H30N2O2Se. The van der Waals surface area contributed by atoms with E-state index in [1.807, 2.05) is 6.08 Å². The summed E-state index contributed by atoms with van der Waals surface area (Å²) < 4.78 is 6.38. The van der Waals surface area contributed by atoms with E-state index < -0.39 is 4.31 Å². The van der Waals surface area contributed by atoms with Gasteiger partial charge < -0.3 is 0 Å². The molecule has 1 spiro atoms. The van der Waals surface area contributed by atoms with Crippen LogP contribution in [0.3, 0.4) is 0 Å². The molecule has 5 heteroatoms. The van der Waals surface area contributed by atoms with Crippen LogP contribution in [-0.2, 0) is 9.11 Å². The van der Waals surface area contributed by atoms with Gasteiger partial charge in [-0.3, -0.25) is 0 Å². The zero-order chi connectivity index (χ0) is 23.2. The number of carbonyl (C=O) groups excluding carboxylic acids is 1. The number of nitrogens with one attached hydrogen (secondary N) is 2. The molecule has 1 saturated heterocycles. The molecule has 0 radical (unpaired) electrons. The second-order valence-corrected chi connectivity index (χ2v) is 11.3. The number of hydrogen-bond donors (Lipinski definition) is 2. The van der Waals surface area contributed by atoms with Crippen LogP contribution in [0.4, 0.5) is 11.4 Å². The fraction of sp³-hybridized carbons (Fsp3) is 0.321. The van der Waals surface area contributed by atoms with Gasteiger partial charge in [0.05, 0.1) is 0 Å². The summed E-state index contributed by atoms with van der Waals surface area (Å²) >= 11 is -0.311. The van der Waals surface area contributed by atoms with E-state index in [9.17, 15) is 4.79 Å². The second-order valence-electron chi connectivity index (χ2n) is 8.76. The van der Waals surface area contributed by atoms with Gasteiger partial charge in [0.15, 0.2) is 0 Å². The molecule has 2 N–H and O–H groups in total. The third-order valence-electron chi connectivity index (χ3n) is 6.58. The average Bonchev–Trinajstić information content (AvgIpc) is 3.02. The van der Waals surface area contributed by atoms with Crippen LogP contribution in [0.2, 0.25) is 0 Å². The van der Waals surface area contributed by atoms with E-state index in [0.717, 1.165) is 71.1 Å². The van der Waals surface area contributed by atoms with Gasteiger partial charge in [0.1, 0.15) is 0 Å². The van der Waals surface area contributed by atoms with Gasteiger partial charge >= 0.3 is 203 Å². The Morgan fingerprint density at radius 3 is 2.12 bits per heavy atom. The summed E-state index contributed by atoms with van der Waals surface area (Å²) in [5.41, 5.74) is 8.78. The fourth-order valence-electron chi connectivity index (χ4n) is 5.07. The van der Waals surface area contributed by atoms with Gasteiger partial charge in [0, 0.05) is 0 Å². The van der Waals surface area contributed by atoms with Crippen LogP contribution in [0.1, 0.15) is 48.9 Å². The van der Waals surface area contributed by atoms with Gasteiger partial charge in [-0.15, -0.1) is 0 Å². The maximum atomic E-state index is 13.5. The molecule has 170 valence electrons. The molecule has 0 atom stereocenters. The third-order valence-corrected chi connectivity index (χ3v) is 9.46. The van der Waals surface area contributed by atoms with Crippen LogP contribution in [0.5, 0.6) is 11.5 Å². The Morgan fingerprint density at radius 2 is 1.55 bits per heavy atom. The van der Waals surface area contributed by atoms with Crippen molar-refractivity contribution in [2.75, 3.05) is 23.7 Å². The number of carbonyl (C=O) groups is 1. The van der Waals surface area contributed by atoms with Crippen LogP contribution < -0.4 is 15.4 Å². The summed E-state index contributed by atoms with van der Waals surface area (Å²) in [7, 11) is 0. The molecular weight excluding hydrogens is 475 g/mol. The van der Waals surface area contributed by atoms with Gasteiger partial charge in [0.25, 0.3) is 0 Å². The second kappa shape index (κ2) is 8.55. The van der Waals surface area contributed by atoms with Gasteiger partial charge in [-0.2, -0.15) is 0 Å². The number of hydrogen-bond acceptors (Lipinski definition) is 4. The van der Waals surface area contributed by atoms with E-state index >= 15 is 0 Å². The van der Waals surface area contributed by atoms with Crippen molar-refractivity contribution in [3.8, 4) is 11.5 Å². The summed E-state index contributed by atoms with van der Waals surface area (Å²) in [6, 6.07) is 8.74. The first kappa shape index (κ1) is 22.1. The van der Waals surface area contributed by atoms with E-state index in [4.69, 9.17) is 4.74 Å². The first-order chi connectivity index (χ1) is 16.0. The molecule has 33 heavy (non-hydrogen) atoms. The predicted molar refractivity (Wildman–Crippen MR) is 137 cm³/mol. The molecule has 0 unspecified atom stereocenters. The van der Waals surface area contributed by atoms with Gasteiger partial charge in [0.2, 0.25) is 0 Å². The van der Waals surface area contributed by atoms with Crippen LogP contribution in [-0.4, -0.2) is 32.7 Å². The van der Waals surface area contributed by atoms with Gasteiger partial charge in [-0.05, 0) is 0 Å². The minimum absolute atomic E-state index is 0.265. The number of fused-ring (bicyclic) bond motifs is 6. The van der Waals surface area contributed by atoms with Crippen molar-refractivity contribution in [1.82, 2.24) is 0 Å². The van der Waals surface area contributed by atoms with Crippen molar-refractivity contribution in [1.29, 1.82) is 0 Å². The van der Waals surface area contributed by atoms with Crippen molar-refractivity contribution >= 4 is 31.0 Å². The van der Waals surface area contributed by atoms with Crippen LogP contribution >= 0.6 is 0 Å². The summed E-state index contributed by atoms with van der Waals surface area (Å²) in [4.78, 5) is 13.5. The monoisotopic (exact) mass is 506 g/mol. The maximum absolute atomic E-state index is 13.5. The molecule has 2 heterocycles. The SMILES string of the molecule is CCNc1cc2c(cc1C)C1([Se]C(=O)C3=C/C=C/CC/C=C\31)c1cc(C)c(NCC)cc1O2. The Labute approximate surface area is 202 Å². The van der Waals surface area contributed by atoms with Crippen molar-refractivity contribution in [3.05, 3.63) is 82.0 Å². The van der Waals surface area contributed by atoms with E-state index in [2.05, 4.69) is 80.8 Å². The summed E-state index contributed by atoms with van der Waals surface area (Å²) in [6.45, 7) is 10.2. The van der Waals surface area contributed by atoms with E-state index in [1.54, 1.807) is 0 Å². The molecule has 3 aliphatic rings. The van der Waals surface area contributed by atoms with Gasteiger partial charge in [-0.1, -0.05) is 0 Å². The Hall–Kier alpha value is -2.75. The third kappa shape index (κ3) is 3.46. The molecule has 0 bridgehead atoms. The molecule has 0 aromatic heterocycles. The normalized spacial score (nSPS) is 21.9. The topological polar surface area (TPSA) is 50.4 Å². The summed E-state index contributed by atoms with van der Waals surface area (Å²) in [6.07, 6.45) is 10.5. The number of ether oxygens (including phenoxy) is 1. The predicted octanol–water partition coefficient (Wildman–Crippen LogP) is 5.96. The Bertz CT molecular complexity index is 1180. The van der Waals surface area contributed by atoms with E-state index in [-0.39, 0.29) is 19.6 Å². The zero-order valence-electron chi connectivity index (χ0n) is 19.7. The van der Waals surface area contributed by atoms with Crippen LogP contribution in [0.25, 0.3) is 0 Å².